The lowest BCUT2D eigenvalue weighted by molar-refractivity contribution is -0.138. The fourth-order valence-corrected chi connectivity index (χ4v) is 4.83. The molecule has 6 heteroatoms. The molecule has 0 unspecified atom stereocenters. The van der Waals surface area contributed by atoms with E-state index in [2.05, 4.69) is 15.9 Å². The largest absolute Gasteiger partial charge is 0.342 e. The minimum absolute atomic E-state index is 0.00294. The summed E-state index contributed by atoms with van der Waals surface area (Å²) in [7, 11) is 0. The molecule has 0 spiro atoms. The van der Waals surface area contributed by atoms with Gasteiger partial charge in [0.25, 0.3) is 5.91 Å². The molecular weight excluding hydrogens is 456 g/mol. The van der Waals surface area contributed by atoms with Crippen molar-refractivity contribution in [1.29, 1.82) is 0 Å². The smallest absolute Gasteiger partial charge is 0.253 e. The number of ketones is 1. The summed E-state index contributed by atoms with van der Waals surface area (Å²) in [6.07, 6.45) is 2.84. The molecule has 2 heterocycles. The Morgan fingerprint density at radius 3 is 1.84 bits per heavy atom. The van der Waals surface area contributed by atoms with Gasteiger partial charge in [0.2, 0.25) is 5.91 Å². The molecular formula is C25H27BrN2O3. The Hall–Kier alpha value is -2.47. The van der Waals surface area contributed by atoms with Gasteiger partial charge in [-0.25, -0.2) is 0 Å². The number of benzene rings is 2. The van der Waals surface area contributed by atoms with Crippen LogP contribution in [0.1, 0.15) is 46.4 Å². The van der Waals surface area contributed by atoms with Crippen molar-refractivity contribution in [3.63, 3.8) is 0 Å². The summed E-state index contributed by atoms with van der Waals surface area (Å²) in [6.45, 7) is 2.49. The van der Waals surface area contributed by atoms with Crippen molar-refractivity contribution >= 4 is 33.5 Å². The SMILES string of the molecule is O=C(c1ccccc1)C1CCN(C(=O)C2CCN(C(=O)c3ccc(Br)cc3)CC2)CC1. The average Bonchev–Trinajstić information content (AvgIpc) is 2.84. The second-order valence-electron chi connectivity index (χ2n) is 8.40. The lowest BCUT2D eigenvalue weighted by Gasteiger charge is -2.37. The van der Waals surface area contributed by atoms with Crippen molar-refractivity contribution in [2.75, 3.05) is 26.2 Å². The van der Waals surface area contributed by atoms with Gasteiger partial charge < -0.3 is 9.80 Å². The Labute approximate surface area is 191 Å². The molecule has 2 amide bonds. The van der Waals surface area contributed by atoms with Crippen LogP contribution in [0.2, 0.25) is 0 Å². The van der Waals surface area contributed by atoms with Crippen LogP contribution < -0.4 is 0 Å². The number of carbonyl (C=O) groups is 3. The number of hydrogen-bond acceptors (Lipinski definition) is 3. The highest BCUT2D eigenvalue weighted by Gasteiger charge is 2.33. The maximum absolute atomic E-state index is 13.0. The van der Waals surface area contributed by atoms with Crippen molar-refractivity contribution in [2.24, 2.45) is 11.8 Å². The highest BCUT2D eigenvalue weighted by atomic mass is 79.9. The van der Waals surface area contributed by atoms with E-state index in [4.69, 9.17) is 0 Å². The zero-order valence-corrected chi connectivity index (χ0v) is 19.1. The Balaban J connectivity index is 1.26. The van der Waals surface area contributed by atoms with Gasteiger partial charge in [0.05, 0.1) is 0 Å². The molecule has 4 rings (SSSR count). The van der Waals surface area contributed by atoms with Crippen LogP contribution >= 0.6 is 15.9 Å². The molecule has 2 aromatic rings. The van der Waals surface area contributed by atoms with Gasteiger partial charge in [0, 0.05) is 53.6 Å². The van der Waals surface area contributed by atoms with Crippen molar-refractivity contribution in [1.82, 2.24) is 9.80 Å². The lowest BCUT2D eigenvalue weighted by Crippen LogP contribution is -2.47. The number of Topliss-reactive ketones (excluding diaryl/α,β-unsaturated/α-hetero) is 1. The van der Waals surface area contributed by atoms with E-state index in [-0.39, 0.29) is 29.4 Å². The Bertz CT molecular complexity index is 929. The molecule has 31 heavy (non-hydrogen) atoms. The van der Waals surface area contributed by atoms with Gasteiger partial charge in [-0.05, 0) is 49.9 Å². The van der Waals surface area contributed by atoms with Gasteiger partial charge in [0.15, 0.2) is 5.78 Å². The van der Waals surface area contributed by atoms with Crippen LogP contribution in [0, 0.1) is 11.8 Å². The first-order chi connectivity index (χ1) is 15.0. The summed E-state index contributed by atoms with van der Waals surface area (Å²) in [4.78, 5) is 42.1. The lowest BCUT2D eigenvalue weighted by atomic mass is 9.87. The van der Waals surface area contributed by atoms with E-state index in [1.807, 2.05) is 64.4 Å². The molecule has 5 nitrogen and oxygen atoms in total. The van der Waals surface area contributed by atoms with Crippen LogP contribution in [0.5, 0.6) is 0 Å². The zero-order chi connectivity index (χ0) is 21.8. The van der Waals surface area contributed by atoms with Crippen molar-refractivity contribution < 1.29 is 14.4 Å². The maximum Gasteiger partial charge on any atom is 0.253 e. The molecule has 2 fully saturated rings. The molecule has 0 atom stereocenters. The number of nitrogens with zero attached hydrogens (tertiary/aromatic N) is 2. The van der Waals surface area contributed by atoms with E-state index in [0.717, 1.165) is 22.9 Å². The van der Waals surface area contributed by atoms with Gasteiger partial charge in [-0.3, -0.25) is 14.4 Å². The first kappa shape index (κ1) is 21.8. The quantitative estimate of drug-likeness (QED) is 0.605. The predicted molar refractivity (Wildman–Crippen MR) is 123 cm³/mol. The van der Waals surface area contributed by atoms with Crippen LogP contribution in [0.15, 0.2) is 59.1 Å². The Morgan fingerprint density at radius 1 is 0.677 bits per heavy atom. The first-order valence-electron chi connectivity index (χ1n) is 11.0. The summed E-state index contributed by atoms with van der Waals surface area (Å²) >= 11 is 3.39. The third kappa shape index (κ3) is 5.06. The van der Waals surface area contributed by atoms with Crippen LogP contribution in [0.3, 0.4) is 0 Å². The summed E-state index contributed by atoms with van der Waals surface area (Å²) in [6, 6.07) is 16.8. The Morgan fingerprint density at radius 2 is 1.23 bits per heavy atom. The number of halogens is 1. The van der Waals surface area contributed by atoms with Crippen molar-refractivity contribution in [2.45, 2.75) is 25.7 Å². The molecule has 0 radical (unpaired) electrons. The van der Waals surface area contributed by atoms with Gasteiger partial charge >= 0.3 is 0 Å². The van der Waals surface area contributed by atoms with Crippen LogP contribution in [-0.4, -0.2) is 53.6 Å². The molecule has 162 valence electrons. The van der Waals surface area contributed by atoms with E-state index < -0.39 is 0 Å². The fourth-order valence-electron chi connectivity index (χ4n) is 4.56. The molecule has 0 N–H and O–H groups in total. The summed E-state index contributed by atoms with van der Waals surface area (Å²) < 4.78 is 0.947. The standard InChI is InChI=1S/C25H27BrN2O3/c26-22-8-6-20(7-9-22)24(30)28-16-12-21(13-17-28)25(31)27-14-10-19(11-15-27)23(29)18-4-2-1-3-5-18/h1-9,19,21H,10-17H2. The topological polar surface area (TPSA) is 57.7 Å². The van der Waals surface area contributed by atoms with Gasteiger partial charge in [-0.2, -0.15) is 0 Å². The third-order valence-electron chi connectivity index (χ3n) is 6.46. The molecule has 0 saturated carbocycles. The molecule has 0 aliphatic carbocycles. The van der Waals surface area contributed by atoms with Crippen LogP contribution in [-0.2, 0) is 4.79 Å². The first-order valence-corrected chi connectivity index (χ1v) is 11.7. The average molecular weight is 483 g/mol. The fraction of sp³-hybridized carbons (Fsp3) is 0.400. The van der Waals surface area contributed by atoms with E-state index in [9.17, 15) is 14.4 Å². The molecule has 0 aromatic heterocycles. The number of piperidine rings is 2. The van der Waals surface area contributed by atoms with E-state index in [1.165, 1.54) is 0 Å². The van der Waals surface area contributed by atoms with Crippen LogP contribution in [0.25, 0.3) is 0 Å². The number of likely N-dealkylation sites (tertiary alicyclic amines) is 2. The van der Waals surface area contributed by atoms with Crippen molar-refractivity contribution in [3.05, 3.63) is 70.2 Å². The van der Waals surface area contributed by atoms with E-state index in [0.29, 0.717) is 44.6 Å². The molecule has 2 aliphatic rings. The van der Waals surface area contributed by atoms with Gasteiger partial charge in [-0.15, -0.1) is 0 Å². The zero-order valence-electron chi connectivity index (χ0n) is 17.5. The van der Waals surface area contributed by atoms with Gasteiger partial charge in [-0.1, -0.05) is 46.3 Å². The van der Waals surface area contributed by atoms with E-state index in [1.54, 1.807) is 0 Å². The summed E-state index contributed by atoms with van der Waals surface area (Å²) in [5.74, 6) is 0.361. The minimum Gasteiger partial charge on any atom is -0.342 e. The van der Waals surface area contributed by atoms with Gasteiger partial charge in [0.1, 0.15) is 0 Å². The summed E-state index contributed by atoms with van der Waals surface area (Å²) in [5, 5.41) is 0. The van der Waals surface area contributed by atoms with E-state index >= 15 is 0 Å². The third-order valence-corrected chi connectivity index (χ3v) is 6.99. The highest BCUT2D eigenvalue weighted by Crippen LogP contribution is 2.26. The molecule has 2 saturated heterocycles. The number of rotatable bonds is 4. The second kappa shape index (κ2) is 9.77. The Kier molecular flexibility index (Phi) is 6.86. The molecule has 2 aromatic carbocycles. The monoisotopic (exact) mass is 482 g/mol. The summed E-state index contributed by atoms with van der Waals surface area (Å²) in [5.41, 5.74) is 1.44. The normalized spacial score (nSPS) is 18.1. The number of carbonyl (C=O) groups excluding carboxylic acids is 3. The van der Waals surface area contributed by atoms with Crippen LogP contribution in [0.4, 0.5) is 0 Å². The maximum atomic E-state index is 13.0. The number of amides is 2. The number of hydrogen-bond donors (Lipinski definition) is 0. The minimum atomic E-state index is -0.0321. The highest BCUT2D eigenvalue weighted by molar-refractivity contribution is 9.10. The molecule has 0 bridgehead atoms. The predicted octanol–water partition coefficient (Wildman–Crippen LogP) is 4.42. The van der Waals surface area contributed by atoms with Crippen molar-refractivity contribution in [3.8, 4) is 0 Å². The molecule has 2 aliphatic heterocycles. The second-order valence-corrected chi connectivity index (χ2v) is 9.32.